The topological polar surface area (TPSA) is 26.0 Å². The average molecular weight is 141 g/mol. The third-order valence-corrected chi connectivity index (χ3v) is 2.91. The molecule has 9 heavy (non-hydrogen) atoms. The van der Waals surface area contributed by atoms with Gasteiger partial charge in [0.2, 0.25) is 0 Å². The van der Waals surface area contributed by atoms with Crippen LogP contribution in [-0.4, -0.2) is 13.2 Å². The molecule has 1 aromatic rings. The van der Waals surface area contributed by atoms with Crippen LogP contribution in [0, 0.1) is 0 Å². The average Bonchev–Trinajstić information content (AvgIpc) is 2.08. The van der Waals surface area contributed by atoms with Crippen molar-refractivity contribution in [2.24, 2.45) is 0 Å². The number of rotatable bonds is 1. The molecule has 0 aliphatic carbocycles. The minimum Gasteiger partial charge on any atom is -0.367 e. The maximum absolute atomic E-state index is 5.01. The van der Waals surface area contributed by atoms with E-state index >= 15 is 0 Å². The lowest BCUT2D eigenvalue weighted by Crippen LogP contribution is -2.36. The van der Waals surface area contributed by atoms with Crippen molar-refractivity contribution in [3.05, 3.63) is 12.3 Å². The monoisotopic (exact) mass is 141 g/mol. The summed E-state index contributed by atoms with van der Waals surface area (Å²) < 4.78 is 5.01. The van der Waals surface area contributed by atoms with Gasteiger partial charge in [-0.3, -0.25) is 0 Å². The highest BCUT2D eigenvalue weighted by atomic mass is 28.3. The molecule has 0 aliphatic heterocycles. The van der Waals surface area contributed by atoms with Gasteiger partial charge in [0.15, 0.2) is 0 Å². The van der Waals surface area contributed by atoms with Crippen molar-refractivity contribution in [3.63, 3.8) is 0 Å². The summed E-state index contributed by atoms with van der Waals surface area (Å²) in [6, 6.07) is 1.95. The SMILES string of the molecule is C[Si](C)(C)c1ccno1. The molecule has 0 bridgehead atoms. The van der Waals surface area contributed by atoms with Crippen LogP contribution in [0.5, 0.6) is 0 Å². The molecular formula is C6H11NOSi. The first-order chi connectivity index (χ1) is 4.11. The fraction of sp³-hybridized carbons (Fsp3) is 0.500. The summed E-state index contributed by atoms with van der Waals surface area (Å²) in [6.45, 7) is 6.69. The van der Waals surface area contributed by atoms with Crippen LogP contribution in [0.1, 0.15) is 0 Å². The van der Waals surface area contributed by atoms with Crippen molar-refractivity contribution in [2.75, 3.05) is 0 Å². The highest BCUT2D eigenvalue weighted by Gasteiger charge is 2.19. The molecule has 1 rings (SSSR count). The molecule has 0 aliphatic rings. The van der Waals surface area contributed by atoms with Crippen molar-refractivity contribution in [1.29, 1.82) is 0 Å². The molecule has 0 aromatic carbocycles. The minimum absolute atomic E-state index is 1.07. The molecule has 0 radical (unpaired) electrons. The molecule has 50 valence electrons. The number of hydrogen-bond acceptors (Lipinski definition) is 2. The molecule has 1 aromatic heterocycles. The normalized spacial score (nSPS) is 11.9. The predicted molar refractivity (Wildman–Crippen MR) is 39.5 cm³/mol. The van der Waals surface area contributed by atoms with Crippen LogP contribution >= 0.6 is 0 Å². The highest BCUT2D eigenvalue weighted by Crippen LogP contribution is 1.99. The molecule has 3 heteroatoms. The third kappa shape index (κ3) is 1.42. The molecule has 0 unspecified atom stereocenters. The molecular weight excluding hydrogens is 130 g/mol. The fourth-order valence-electron chi connectivity index (χ4n) is 0.603. The van der Waals surface area contributed by atoms with Crippen LogP contribution in [0.15, 0.2) is 16.8 Å². The molecule has 0 spiro atoms. The number of hydrogen-bond donors (Lipinski definition) is 0. The summed E-state index contributed by atoms with van der Waals surface area (Å²) >= 11 is 0. The molecule has 0 saturated carbocycles. The standard InChI is InChI=1S/C6H11NOSi/c1-9(2,3)6-4-5-7-8-6/h4-5H,1-3H3. The maximum Gasteiger partial charge on any atom is 0.127 e. The zero-order valence-electron chi connectivity index (χ0n) is 6.01. The summed E-state index contributed by atoms with van der Waals surface area (Å²) in [6.07, 6.45) is 1.70. The van der Waals surface area contributed by atoms with Gasteiger partial charge < -0.3 is 4.52 Å². The van der Waals surface area contributed by atoms with Gasteiger partial charge in [0.25, 0.3) is 0 Å². The Labute approximate surface area is 55.9 Å². The predicted octanol–water partition coefficient (Wildman–Crippen LogP) is 1.22. The quantitative estimate of drug-likeness (QED) is 0.550. The van der Waals surface area contributed by atoms with Crippen molar-refractivity contribution < 1.29 is 4.52 Å². The molecule has 0 amide bonds. The summed E-state index contributed by atoms with van der Waals surface area (Å²) in [7, 11) is -1.21. The molecule has 0 N–H and O–H groups in total. The van der Waals surface area contributed by atoms with E-state index in [4.69, 9.17) is 4.52 Å². The Kier molecular flexibility index (Phi) is 1.44. The van der Waals surface area contributed by atoms with Gasteiger partial charge in [0.1, 0.15) is 13.5 Å². The summed E-state index contributed by atoms with van der Waals surface area (Å²) in [4.78, 5) is 0. The van der Waals surface area contributed by atoms with E-state index in [0.29, 0.717) is 0 Å². The van der Waals surface area contributed by atoms with E-state index in [0.717, 1.165) is 5.38 Å². The summed E-state index contributed by atoms with van der Waals surface area (Å²) in [5, 5.41) is 4.72. The van der Waals surface area contributed by atoms with Gasteiger partial charge in [-0.15, -0.1) is 0 Å². The van der Waals surface area contributed by atoms with Crippen molar-refractivity contribution >= 4 is 13.5 Å². The van der Waals surface area contributed by atoms with Crippen molar-refractivity contribution in [1.82, 2.24) is 5.16 Å². The molecule has 1 heterocycles. The Morgan fingerprint density at radius 2 is 2.11 bits per heavy atom. The second-order valence-electron chi connectivity index (χ2n) is 3.13. The maximum atomic E-state index is 5.01. The van der Waals surface area contributed by atoms with Crippen LogP contribution in [0.2, 0.25) is 19.6 Å². The van der Waals surface area contributed by atoms with Crippen molar-refractivity contribution in [3.8, 4) is 0 Å². The highest BCUT2D eigenvalue weighted by molar-refractivity contribution is 6.87. The van der Waals surface area contributed by atoms with Gasteiger partial charge in [0, 0.05) is 0 Å². The largest absolute Gasteiger partial charge is 0.367 e. The first-order valence-electron chi connectivity index (χ1n) is 3.02. The summed E-state index contributed by atoms with van der Waals surface area (Å²) in [5.74, 6) is 0. The van der Waals surface area contributed by atoms with Crippen LogP contribution < -0.4 is 5.38 Å². The fourth-order valence-corrected chi connectivity index (χ4v) is 1.50. The van der Waals surface area contributed by atoms with Crippen LogP contribution in [-0.2, 0) is 0 Å². The van der Waals surface area contributed by atoms with E-state index in [1.54, 1.807) is 6.20 Å². The lowest BCUT2D eigenvalue weighted by molar-refractivity contribution is 0.443. The van der Waals surface area contributed by atoms with Crippen LogP contribution in [0.25, 0.3) is 0 Å². The summed E-state index contributed by atoms with van der Waals surface area (Å²) in [5.41, 5.74) is 0. The minimum atomic E-state index is -1.21. The van der Waals surface area contributed by atoms with Gasteiger partial charge in [-0.25, -0.2) is 0 Å². The Bertz CT molecular complexity index is 175. The Morgan fingerprint density at radius 3 is 2.33 bits per heavy atom. The Morgan fingerprint density at radius 1 is 1.44 bits per heavy atom. The van der Waals surface area contributed by atoms with E-state index in [1.165, 1.54) is 0 Å². The zero-order chi connectivity index (χ0) is 6.91. The molecule has 0 atom stereocenters. The molecule has 0 saturated heterocycles. The third-order valence-electron chi connectivity index (χ3n) is 1.18. The smallest absolute Gasteiger partial charge is 0.127 e. The Hall–Kier alpha value is -0.573. The van der Waals surface area contributed by atoms with Gasteiger partial charge in [-0.2, -0.15) is 0 Å². The van der Waals surface area contributed by atoms with E-state index in [-0.39, 0.29) is 0 Å². The lowest BCUT2D eigenvalue weighted by atomic mass is 10.8. The number of nitrogens with zero attached hydrogens (tertiary/aromatic N) is 1. The van der Waals surface area contributed by atoms with Gasteiger partial charge in [-0.05, 0) is 6.07 Å². The first-order valence-corrected chi connectivity index (χ1v) is 6.52. The van der Waals surface area contributed by atoms with Gasteiger partial charge >= 0.3 is 0 Å². The Balaban J connectivity index is 2.90. The second kappa shape index (κ2) is 1.99. The second-order valence-corrected chi connectivity index (χ2v) is 8.12. The van der Waals surface area contributed by atoms with Crippen LogP contribution in [0.4, 0.5) is 0 Å². The van der Waals surface area contributed by atoms with Crippen LogP contribution in [0.3, 0.4) is 0 Å². The van der Waals surface area contributed by atoms with E-state index in [2.05, 4.69) is 24.8 Å². The molecule has 2 nitrogen and oxygen atoms in total. The van der Waals surface area contributed by atoms with Gasteiger partial charge in [0.05, 0.1) is 6.20 Å². The van der Waals surface area contributed by atoms with E-state index in [1.807, 2.05) is 6.07 Å². The molecule has 0 fully saturated rings. The van der Waals surface area contributed by atoms with E-state index in [9.17, 15) is 0 Å². The zero-order valence-corrected chi connectivity index (χ0v) is 7.01. The van der Waals surface area contributed by atoms with E-state index < -0.39 is 8.07 Å². The van der Waals surface area contributed by atoms with Gasteiger partial charge in [-0.1, -0.05) is 24.8 Å². The van der Waals surface area contributed by atoms with Crippen molar-refractivity contribution in [2.45, 2.75) is 19.6 Å². The number of aromatic nitrogens is 1. The lowest BCUT2D eigenvalue weighted by Gasteiger charge is -2.08. The first kappa shape index (κ1) is 6.55.